The normalized spacial score (nSPS) is 22.1. The molecular weight excluding hydrogens is 397 g/mol. The van der Waals surface area contributed by atoms with Gasteiger partial charge >= 0.3 is 11.7 Å². The summed E-state index contributed by atoms with van der Waals surface area (Å²) in [5.41, 5.74) is 0.667. The predicted molar refractivity (Wildman–Crippen MR) is 106 cm³/mol. The first-order valence-corrected chi connectivity index (χ1v) is 9.72. The second kappa shape index (κ2) is 7.83. The number of amidine groups is 1. The predicted octanol–water partition coefficient (Wildman–Crippen LogP) is 4.11. The van der Waals surface area contributed by atoms with E-state index in [1.54, 1.807) is 24.1 Å². The highest BCUT2D eigenvalue weighted by Crippen LogP contribution is 2.41. The lowest BCUT2D eigenvalue weighted by molar-refractivity contribution is -0.189. The summed E-state index contributed by atoms with van der Waals surface area (Å²) in [6.07, 6.45) is 5.17. The Labute approximate surface area is 172 Å². The number of hydrogen-bond donors (Lipinski definition) is 0. The zero-order chi connectivity index (χ0) is 20.4. The fraction of sp³-hybridized carbons (Fsp3) is 0.286. The smallest absolute Gasteiger partial charge is 0.380 e. The molecule has 1 unspecified atom stereocenters. The molecule has 3 heterocycles. The molecule has 29 heavy (non-hydrogen) atoms. The van der Waals surface area contributed by atoms with Crippen molar-refractivity contribution in [1.29, 1.82) is 0 Å². The third kappa shape index (κ3) is 3.46. The summed E-state index contributed by atoms with van der Waals surface area (Å²) in [6.45, 7) is 2.46. The molecule has 2 aromatic rings. The third-order valence-corrected chi connectivity index (χ3v) is 5.12. The molecule has 0 amide bonds. The summed E-state index contributed by atoms with van der Waals surface area (Å²) in [6, 6.07) is 9.19. The lowest BCUT2D eigenvalue weighted by Crippen LogP contribution is -2.54. The number of nitrogens with zero attached hydrogens (tertiary/aromatic N) is 3. The number of carbonyl (C=O) groups is 1. The fourth-order valence-corrected chi connectivity index (χ4v) is 3.69. The summed E-state index contributed by atoms with van der Waals surface area (Å²) in [7, 11) is 0. The van der Waals surface area contributed by atoms with Gasteiger partial charge in [-0.25, -0.2) is 14.2 Å². The summed E-state index contributed by atoms with van der Waals surface area (Å²) in [5.74, 6) is -0.426. The van der Waals surface area contributed by atoms with Crippen LogP contribution < -0.4 is 0 Å². The molecular formula is C21H19ClFN3O3. The highest BCUT2D eigenvalue weighted by Gasteiger charge is 2.56. The number of ether oxygens (including phenoxy) is 1. The van der Waals surface area contributed by atoms with Gasteiger partial charge in [0.1, 0.15) is 11.0 Å². The Hall–Kier alpha value is -2.93. The van der Waals surface area contributed by atoms with Crippen LogP contribution in [0.5, 0.6) is 0 Å². The summed E-state index contributed by atoms with van der Waals surface area (Å²) >= 11 is 5.86. The highest BCUT2D eigenvalue weighted by atomic mass is 35.5. The number of piperidine rings is 1. The van der Waals surface area contributed by atoms with Gasteiger partial charge in [-0.15, -0.1) is 0 Å². The van der Waals surface area contributed by atoms with E-state index in [0.717, 1.165) is 24.0 Å². The molecule has 0 bridgehead atoms. The van der Waals surface area contributed by atoms with Gasteiger partial charge in [-0.1, -0.05) is 22.8 Å². The Balaban J connectivity index is 1.74. The van der Waals surface area contributed by atoms with Gasteiger partial charge in [-0.2, -0.15) is 0 Å². The topological polar surface area (TPSA) is 64.0 Å². The molecule has 1 aromatic heterocycles. The minimum atomic E-state index is -1.57. The number of benzene rings is 1. The third-order valence-electron chi connectivity index (χ3n) is 4.89. The highest BCUT2D eigenvalue weighted by molar-refractivity contribution is 6.29. The van der Waals surface area contributed by atoms with Crippen LogP contribution in [0.1, 0.15) is 30.9 Å². The van der Waals surface area contributed by atoms with Gasteiger partial charge in [0.05, 0.1) is 6.61 Å². The maximum Gasteiger partial charge on any atom is 0.380 e. The number of fused-ring (bicyclic) bond motifs is 1. The van der Waals surface area contributed by atoms with Crippen molar-refractivity contribution < 1.29 is 18.8 Å². The number of esters is 1. The van der Waals surface area contributed by atoms with Gasteiger partial charge in [0.25, 0.3) is 0 Å². The van der Waals surface area contributed by atoms with Gasteiger partial charge in [-0.05, 0) is 67.3 Å². The van der Waals surface area contributed by atoms with E-state index in [1.165, 1.54) is 24.3 Å². The molecule has 150 valence electrons. The molecule has 4 rings (SSSR count). The van der Waals surface area contributed by atoms with E-state index >= 15 is 0 Å². The molecule has 1 saturated heterocycles. The first-order chi connectivity index (χ1) is 14.0. The quantitative estimate of drug-likeness (QED) is 0.555. The Morgan fingerprint density at radius 2 is 2.14 bits per heavy atom. The van der Waals surface area contributed by atoms with Crippen LogP contribution in [0.4, 0.5) is 4.39 Å². The van der Waals surface area contributed by atoms with Gasteiger partial charge in [0.2, 0.25) is 0 Å². The van der Waals surface area contributed by atoms with E-state index in [1.807, 2.05) is 12.1 Å². The first-order valence-electron chi connectivity index (χ1n) is 9.34. The van der Waals surface area contributed by atoms with Crippen molar-refractivity contribution in [3.63, 3.8) is 0 Å². The Bertz CT molecular complexity index is 976. The number of pyridine rings is 1. The number of hydrogen-bond acceptors (Lipinski definition) is 6. The van der Waals surface area contributed by atoms with Gasteiger partial charge in [0, 0.05) is 18.3 Å². The van der Waals surface area contributed by atoms with Crippen LogP contribution in [-0.4, -0.2) is 34.8 Å². The van der Waals surface area contributed by atoms with Crippen LogP contribution in [-0.2, 0) is 20.1 Å². The average molecular weight is 416 g/mol. The molecule has 1 aromatic carbocycles. The molecule has 0 spiro atoms. The zero-order valence-corrected chi connectivity index (χ0v) is 16.5. The molecule has 0 saturated carbocycles. The van der Waals surface area contributed by atoms with Crippen molar-refractivity contribution in [3.8, 4) is 0 Å². The van der Waals surface area contributed by atoms with E-state index in [2.05, 4.69) is 10.1 Å². The first kappa shape index (κ1) is 19.4. The second-order valence-corrected chi connectivity index (χ2v) is 7.10. The molecule has 0 N–H and O–H groups in total. The molecule has 0 aliphatic carbocycles. The van der Waals surface area contributed by atoms with E-state index in [4.69, 9.17) is 21.2 Å². The van der Waals surface area contributed by atoms with Gasteiger partial charge < -0.3 is 14.5 Å². The Kier molecular flexibility index (Phi) is 5.24. The van der Waals surface area contributed by atoms with Crippen LogP contribution in [0.2, 0.25) is 5.15 Å². The lowest BCUT2D eigenvalue weighted by atomic mass is 9.94. The number of oxime groups is 1. The average Bonchev–Trinajstić information content (AvgIpc) is 3.12. The zero-order valence-electron chi connectivity index (χ0n) is 15.8. The van der Waals surface area contributed by atoms with Crippen LogP contribution in [0.15, 0.2) is 53.3 Å². The van der Waals surface area contributed by atoms with Crippen molar-refractivity contribution in [2.75, 3.05) is 13.2 Å². The van der Waals surface area contributed by atoms with Gasteiger partial charge in [0.15, 0.2) is 5.84 Å². The molecule has 1 atom stereocenters. The van der Waals surface area contributed by atoms with Crippen LogP contribution in [0.3, 0.4) is 0 Å². The number of rotatable bonds is 4. The minimum absolute atomic E-state index is 0.188. The maximum atomic E-state index is 13.5. The molecule has 8 heteroatoms. The van der Waals surface area contributed by atoms with Crippen LogP contribution in [0.25, 0.3) is 6.08 Å². The standard InChI is InChI=1S/C21H19ClFN3O3/c1-2-28-20(27)21(16-6-8-17(23)9-7-16)26-11-3-4-15(19(26)25-29-21)12-14-5-10-18(22)24-13-14/h5-10,12-13H,2-4,11H2,1H3/b15-12-. The van der Waals surface area contributed by atoms with Crippen LogP contribution >= 0.6 is 11.6 Å². The molecule has 0 radical (unpaired) electrons. The fourth-order valence-electron chi connectivity index (χ4n) is 3.58. The van der Waals surface area contributed by atoms with Gasteiger partial charge in [-0.3, -0.25) is 0 Å². The van der Waals surface area contributed by atoms with Crippen molar-refractivity contribution >= 4 is 29.5 Å². The number of halogens is 2. The monoisotopic (exact) mass is 415 g/mol. The number of carbonyl (C=O) groups excluding carboxylic acids is 1. The summed E-state index contributed by atoms with van der Waals surface area (Å²) < 4.78 is 18.8. The van der Waals surface area contributed by atoms with Crippen molar-refractivity contribution in [3.05, 3.63) is 70.3 Å². The lowest BCUT2D eigenvalue weighted by Gasteiger charge is -2.37. The van der Waals surface area contributed by atoms with Crippen molar-refractivity contribution in [2.24, 2.45) is 5.16 Å². The molecule has 1 fully saturated rings. The SMILES string of the molecule is CCOC(=O)C1(c2ccc(F)cc2)ON=C2/C(=C\c3ccc(Cl)nc3)CCCN21. The van der Waals surface area contributed by atoms with E-state index in [0.29, 0.717) is 23.1 Å². The summed E-state index contributed by atoms with van der Waals surface area (Å²) in [4.78, 5) is 24.6. The summed E-state index contributed by atoms with van der Waals surface area (Å²) in [5, 5.41) is 4.66. The maximum absolute atomic E-state index is 13.5. The molecule has 2 aliphatic heterocycles. The van der Waals surface area contributed by atoms with Crippen molar-refractivity contribution in [1.82, 2.24) is 9.88 Å². The van der Waals surface area contributed by atoms with Crippen molar-refractivity contribution in [2.45, 2.75) is 25.5 Å². The van der Waals surface area contributed by atoms with E-state index in [-0.39, 0.29) is 6.61 Å². The number of aromatic nitrogens is 1. The second-order valence-electron chi connectivity index (χ2n) is 6.72. The minimum Gasteiger partial charge on any atom is -0.461 e. The largest absolute Gasteiger partial charge is 0.461 e. The Morgan fingerprint density at radius 3 is 2.83 bits per heavy atom. The van der Waals surface area contributed by atoms with E-state index in [9.17, 15) is 9.18 Å². The Morgan fingerprint density at radius 1 is 1.34 bits per heavy atom. The van der Waals surface area contributed by atoms with E-state index < -0.39 is 17.5 Å². The molecule has 2 aliphatic rings. The van der Waals surface area contributed by atoms with Crippen LogP contribution in [0, 0.1) is 5.82 Å². The molecule has 6 nitrogen and oxygen atoms in total.